The van der Waals surface area contributed by atoms with Gasteiger partial charge in [-0.3, -0.25) is 0 Å². The van der Waals surface area contributed by atoms with Gasteiger partial charge >= 0.3 is 0 Å². The topological polar surface area (TPSA) is 30.5 Å². The second-order valence-electron chi connectivity index (χ2n) is 4.94. The highest BCUT2D eigenvalue weighted by atomic mass is 16.5. The van der Waals surface area contributed by atoms with Crippen LogP contribution in [0.5, 0.6) is 5.75 Å². The van der Waals surface area contributed by atoms with Crippen molar-refractivity contribution in [3.8, 4) is 5.75 Å². The molecule has 0 amide bonds. The third-order valence-corrected chi connectivity index (χ3v) is 3.65. The number of methoxy groups -OCH3 is 2. The zero-order chi connectivity index (χ0) is 12.8. The summed E-state index contributed by atoms with van der Waals surface area (Å²) in [6.07, 6.45) is 3.64. The molecule has 0 aromatic heterocycles. The molecule has 0 unspecified atom stereocenters. The summed E-state index contributed by atoms with van der Waals surface area (Å²) < 4.78 is 10.8. The highest BCUT2D eigenvalue weighted by Gasteiger charge is 2.17. The summed E-state index contributed by atoms with van der Waals surface area (Å²) in [5, 5.41) is 3.41. The number of ether oxygens (including phenoxy) is 2. The van der Waals surface area contributed by atoms with Crippen molar-refractivity contribution in [2.24, 2.45) is 5.92 Å². The zero-order valence-electron chi connectivity index (χ0n) is 11.4. The van der Waals surface area contributed by atoms with E-state index in [9.17, 15) is 0 Å². The van der Waals surface area contributed by atoms with Gasteiger partial charge in [-0.1, -0.05) is 18.2 Å². The fourth-order valence-electron chi connectivity index (χ4n) is 2.73. The van der Waals surface area contributed by atoms with Gasteiger partial charge in [0.15, 0.2) is 0 Å². The van der Waals surface area contributed by atoms with Crippen LogP contribution in [0.15, 0.2) is 18.2 Å². The molecule has 18 heavy (non-hydrogen) atoms. The molecule has 0 radical (unpaired) electrons. The molecular formula is C15H23NO2. The zero-order valence-corrected chi connectivity index (χ0v) is 11.4. The maximum absolute atomic E-state index is 5.57. The number of benzene rings is 1. The van der Waals surface area contributed by atoms with Crippen molar-refractivity contribution in [2.75, 3.05) is 27.3 Å². The predicted octanol–water partition coefficient (Wildman–Crippen LogP) is 2.38. The number of hydrogen-bond acceptors (Lipinski definition) is 3. The van der Waals surface area contributed by atoms with Gasteiger partial charge in [0, 0.05) is 12.7 Å². The molecule has 1 aromatic rings. The van der Waals surface area contributed by atoms with Crippen molar-refractivity contribution in [2.45, 2.75) is 25.9 Å². The average molecular weight is 249 g/mol. The molecule has 3 heteroatoms. The Morgan fingerprint density at radius 1 is 1.17 bits per heavy atom. The Morgan fingerprint density at radius 2 is 1.89 bits per heavy atom. The van der Waals surface area contributed by atoms with Crippen LogP contribution in [0.4, 0.5) is 0 Å². The lowest BCUT2D eigenvalue weighted by Gasteiger charge is -2.24. The van der Waals surface area contributed by atoms with Crippen LogP contribution in [0.3, 0.4) is 0 Å². The maximum Gasteiger partial charge on any atom is 0.127 e. The van der Waals surface area contributed by atoms with E-state index >= 15 is 0 Å². The second kappa shape index (κ2) is 6.76. The quantitative estimate of drug-likeness (QED) is 0.869. The van der Waals surface area contributed by atoms with Crippen LogP contribution in [0.1, 0.15) is 24.0 Å². The number of nitrogens with one attached hydrogen (secondary N) is 1. The fraction of sp³-hybridized carbons (Fsp3) is 0.600. The number of hydrogen-bond donors (Lipinski definition) is 1. The molecule has 0 aliphatic carbocycles. The third kappa shape index (κ3) is 3.24. The van der Waals surface area contributed by atoms with E-state index in [-0.39, 0.29) is 0 Å². The van der Waals surface area contributed by atoms with E-state index in [1.807, 2.05) is 0 Å². The third-order valence-electron chi connectivity index (χ3n) is 3.65. The molecule has 1 aliphatic rings. The van der Waals surface area contributed by atoms with Crippen LogP contribution in [-0.4, -0.2) is 27.3 Å². The van der Waals surface area contributed by atoms with Crippen molar-refractivity contribution in [3.05, 3.63) is 29.3 Å². The largest absolute Gasteiger partial charge is 0.496 e. The SMILES string of the molecule is COCc1cccc(CC2CCNCC2)c1OC. The molecule has 0 spiro atoms. The lowest BCUT2D eigenvalue weighted by molar-refractivity contribution is 0.181. The summed E-state index contributed by atoms with van der Waals surface area (Å²) in [6, 6.07) is 6.36. The van der Waals surface area contributed by atoms with Gasteiger partial charge in [0.1, 0.15) is 5.75 Å². The van der Waals surface area contributed by atoms with Crippen molar-refractivity contribution in [3.63, 3.8) is 0 Å². The van der Waals surface area contributed by atoms with Gasteiger partial charge in [-0.25, -0.2) is 0 Å². The minimum absolute atomic E-state index is 0.614. The summed E-state index contributed by atoms with van der Waals surface area (Å²) in [7, 11) is 3.47. The van der Waals surface area contributed by atoms with Gasteiger partial charge in [-0.2, -0.15) is 0 Å². The molecule has 0 bridgehead atoms. The van der Waals surface area contributed by atoms with E-state index in [0.29, 0.717) is 6.61 Å². The monoisotopic (exact) mass is 249 g/mol. The molecular weight excluding hydrogens is 226 g/mol. The minimum Gasteiger partial charge on any atom is -0.496 e. The first-order valence-electron chi connectivity index (χ1n) is 6.69. The van der Waals surface area contributed by atoms with E-state index in [1.54, 1.807) is 14.2 Å². The summed E-state index contributed by atoms with van der Waals surface area (Å²) >= 11 is 0. The van der Waals surface area contributed by atoms with E-state index in [2.05, 4.69) is 23.5 Å². The molecule has 0 saturated carbocycles. The Kier molecular flexibility index (Phi) is 5.02. The van der Waals surface area contributed by atoms with Crippen LogP contribution in [0.2, 0.25) is 0 Å². The van der Waals surface area contributed by atoms with E-state index in [1.165, 1.54) is 18.4 Å². The molecule has 1 aliphatic heterocycles. The molecule has 1 heterocycles. The normalized spacial score (nSPS) is 16.8. The molecule has 1 N–H and O–H groups in total. The van der Waals surface area contributed by atoms with Crippen LogP contribution in [-0.2, 0) is 17.8 Å². The van der Waals surface area contributed by atoms with Crippen molar-refractivity contribution >= 4 is 0 Å². The Morgan fingerprint density at radius 3 is 2.56 bits per heavy atom. The summed E-state index contributed by atoms with van der Waals surface area (Å²) in [4.78, 5) is 0. The van der Waals surface area contributed by atoms with Crippen LogP contribution >= 0.6 is 0 Å². The van der Waals surface area contributed by atoms with Gasteiger partial charge in [0.25, 0.3) is 0 Å². The smallest absolute Gasteiger partial charge is 0.127 e. The number of para-hydroxylation sites is 1. The molecule has 3 nitrogen and oxygen atoms in total. The Labute approximate surface area is 109 Å². The first-order chi connectivity index (χ1) is 8.85. The first-order valence-corrected chi connectivity index (χ1v) is 6.69. The summed E-state index contributed by atoms with van der Waals surface area (Å²) in [5.74, 6) is 1.79. The Hall–Kier alpha value is -1.06. The summed E-state index contributed by atoms with van der Waals surface area (Å²) in [6.45, 7) is 2.90. The number of rotatable bonds is 5. The molecule has 1 fully saturated rings. The fourth-order valence-corrected chi connectivity index (χ4v) is 2.73. The minimum atomic E-state index is 0.614. The van der Waals surface area contributed by atoms with Gasteiger partial charge in [-0.15, -0.1) is 0 Å². The molecule has 0 atom stereocenters. The molecule has 2 rings (SSSR count). The van der Waals surface area contributed by atoms with E-state index < -0.39 is 0 Å². The van der Waals surface area contributed by atoms with Crippen LogP contribution in [0.25, 0.3) is 0 Å². The highest BCUT2D eigenvalue weighted by Crippen LogP contribution is 2.28. The van der Waals surface area contributed by atoms with Gasteiger partial charge in [-0.05, 0) is 43.8 Å². The Bertz CT molecular complexity index is 373. The average Bonchev–Trinajstić information content (AvgIpc) is 2.41. The lowest BCUT2D eigenvalue weighted by atomic mass is 9.90. The van der Waals surface area contributed by atoms with E-state index in [4.69, 9.17) is 9.47 Å². The van der Waals surface area contributed by atoms with E-state index in [0.717, 1.165) is 36.7 Å². The maximum atomic E-state index is 5.57. The van der Waals surface area contributed by atoms with Crippen molar-refractivity contribution in [1.82, 2.24) is 5.32 Å². The molecule has 1 saturated heterocycles. The van der Waals surface area contributed by atoms with Gasteiger partial charge in [0.05, 0.1) is 13.7 Å². The van der Waals surface area contributed by atoms with Gasteiger partial charge in [0.2, 0.25) is 0 Å². The highest BCUT2D eigenvalue weighted by molar-refractivity contribution is 5.41. The lowest BCUT2D eigenvalue weighted by Crippen LogP contribution is -2.28. The molecule has 100 valence electrons. The van der Waals surface area contributed by atoms with Crippen molar-refractivity contribution in [1.29, 1.82) is 0 Å². The predicted molar refractivity (Wildman–Crippen MR) is 73.0 cm³/mol. The number of piperidine rings is 1. The van der Waals surface area contributed by atoms with Gasteiger partial charge < -0.3 is 14.8 Å². The van der Waals surface area contributed by atoms with Crippen LogP contribution in [0, 0.1) is 5.92 Å². The standard InChI is InChI=1S/C15H23NO2/c1-17-11-14-5-3-4-13(15(14)18-2)10-12-6-8-16-9-7-12/h3-5,12,16H,6-11H2,1-2H3. The first kappa shape index (κ1) is 13.4. The van der Waals surface area contributed by atoms with Crippen molar-refractivity contribution < 1.29 is 9.47 Å². The Balaban J connectivity index is 2.12. The second-order valence-corrected chi connectivity index (χ2v) is 4.94. The molecule has 1 aromatic carbocycles. The summed E-state index contributed by atoms with van der Waals surface area (Å²) in [5.41, 5.74) is 2.46. The van der Waals surface area contributed by atoms with Crippen LogP contribution < -0.4 is 10.1 Å².